The predicted octanol–water partition coefficient (Wildman–Crippen LogP) is 4.11. The van der Waals surface area contributed by atoms with E-state index in [2.05, 4.69) is 24.8 Å². The summed E-state index contributed by atoms with van der Waals surface area (Å²) in [6.45, 7) is 0.922. The number of carbonyl (C=O) groups excluding carboxylic acids is 2. The maximum absolute atomic E-state index is 12.4. The largest absolute Gasteiger partial charge is 0.465 e. The number of nitrogens with zero attached hydrogens (tertiary/aromatic N) is 3. The zero-order chi connectivity index (χ0) is 21.6. The highest BCUT2D eigenvalue weighted by atomic mass is 16.5. The molecule has 0 fully saturated rings. The average molecular weight is 416 g/mol. The number of esters is 1. The molecule has 7 nitrogen and oxygen atoms in total. The summed E-state index contributed by atoms with van der Waals surface area (Å²) < 4.78 is 6.87. The monoisotopic (exact) mass is 416 g/mol. The van der Waals surface area contributed by atoms with Gasteiger partial charge in [0.05, 0.1) is 12.7 Å². The Morgan fingerprint density at radius 3 is 2.71 bits per heavy atom. The fourth-order valence-electron chi connectivity index (χ4n) is 3.64. The van der Waals surface area contributed by atoms with Crippen LogP contribution in [0, 0.1) is 0 Å². The lowest BCUT2D eigenvalue weighted by molar-refractivity contribution is -0.111. The lowest BCUT2D eigenvalue weighted by Gasteiger charge is -2.09. The van der Waals surface area contributed by atoms with Gasteiger partial charge < -0.3 is 14.6 Å². The molecular weight excluding hydrogens is 392 g/mol. The number of benzene rings is 2. The van der Waals surface area contributed by atoms with Crippen LogP contribution >= 0.6 is 0 Å². The Hall–Kier alpha value is -3.74. The zero-order valence-corrected chi connectivity index (χ0v) is 17.4. The number of aromatic nitrogens is 3. The average Bonchev–Trinajstić information content (AvgIpc) is 3.06. The van der Waals surface area contributed by atoms with Gasteiger partial charge >= 0.3 is 5.97 Å². The highest BCUT2D eigenvalue weighted by Crippen LogP contribution is 2.25. The molecule has 0 aliphatic carbocycles. The smallest absolute Gasteiger partial charge is 0.337 e. The second-order valence-electron chi connectivity index (χ2n) is 7.42. The van der Waals surface area contributed by atoms with Crippen LogP contribution in [0.2, 0.25) is 0 Å². The highest BCUT2D eigenvalue weighted by Gasteiger charge is 2.16. The molecule has 1 aliphatic heterocycles. The number of hydrogen-bond acceptors (Lipinski definition) is 5. The Kier molecular flexibility index (Phi) is 6.21. The van der Waals surface area contributed by atoms with E-state index in [1.54, 1.807) is 30.3 Å². The highest BCUT2D eigenvalue weighted by molar-refractivity contribution is 6.02. The van der Waals surface area contributed by atoms with E-state index in [0.717, 1.165) is 48.6 Å². The number of carbonyl (C=O) groups is 2. The van der Waals surface area contributed by atoms with Crippen molar-refractivity contribution in [1.82, 2.24) is 14.8 Å². The van der Waals surface area contributed by atoms with E-state index in [-0.39, 0.29) is 5.91 Å². The quantitative estimate of drug-likeness (QED) is 0.500. The number of hydrogen-bond donors (Lipinski definition) is 1. The van der Waals surface area contributed by atoms with Crippen LogP contribution in [-0.2, 0) is 22.5 Å². The van der Waals surface area contributed by atoms with E-state index in [0.29, 0.717) is 11.3 Å². The number of anilines is 1. The van der Waals surface area contributed by atoms with Gasteiger partial charge in [-0.2, -0.15) is 0 Å². The third kappa shape index (κ3) is 4.88. The Bertz CT molecular complexity index is 1120. The molecule has 158 valence electrons. The summed E-state index contributed by atoms with van der Waals surface area (Å²) in [6.07, 6.45) is 7.58. The third-order valence-electron chi connectivity index (χ3n) is 5.26. The Morgan fingerprint density at radius 2 is 1.90 bits per heavy atom. The number of amides is 1. The van der Waals surface area contributed by atoms with Crippen LogP contribution < -0.4 is 5.32 Å². The van der Waals surface area contributed by atoms with Crippen molar-refractivity contribution in [3.63, 3.8) is 0 Å². The van der Waals surface area contributed by atoms with Crippen LogP contribution in [0.1, 0.15) is 41.0 Å². The lowest BCUT2D eigenvalue weighted by Crippen LogP contribution is -2.08. The normalized spacial score (nSPS) is 13.5. The van der Waals surface area contributed by atoms with Gasteiger partial charge in [-0.25, -0.2) is 4.79 Å². The number of aryl methyl sites for hydroxylation is 1. The summed E-state index contributed by atoms with van der Waals surface area (Å²) in [5.74, 6) is 1.24. The van der Waals surface area contributed by atoms with Gasteiger partial charge in [-0.05, 0) is 48.7 Å². The molecule has 7 heteroatoms. The van der Waals surface area contributed by atoms with Gasteiger partial charge in [0.25, 0.3) is 0 Å². The Labute approximate surface area is 180 Å². The van der Waals surface area contributed by atoms with Crippen LogP contribution in [-0.4, -0.2) is 33.8 Å². The van der Waals surface area contributed by atoms with Crippen LogP contribution in [0.25, 0.3) is 17.5 Å². The van der Waals surface area contributed by atoms with Crippen LogP contribution in [0.3, 0.4) is 0 Å². The van der Waals surface area contributed by atoms with Crippen molar-refractivity contribution in [3.8, 4) is 11.4 Å². The maximum Gasteiger partial charge on any atom is 0.337 e. The third-order valence-corrected chi connectivity index (χ3v) is 5.26. The molecule has 0 spiro atoms. The molecule has 31 heavy (non-hydrogen) atoms. The van der Waals surface area contributed by atoms with Gasteiger partial charge in [0.15, 0.2) is 5.82 Å². The molecule has 0 atom stereocenters. The second kappa shape index (κ2) is 9.38. The molecule has 0 unspecified atom stereocenters. The summed E-state index contributed by atoms with van der Waals surface area (Å²) >= 11 is 0. The summed E-state index contributed by atoms with van der Waals surface area (Å²) in [5.41, 5.74) is 2.90. The van der Waals surface area contributed by atoms with Crippen LogP contribution in [0.5, 0.6) is 0 Å². The maximum atomic E-state index is 12.4. The van der Waals surface area contributed by atoms with E-state index >= 15 is 0 Å². The van der Waals surface area contributed by atoms with E-state index in [1.165, 1.54) is 19.6 Å². The standard InChI is InChI=1S/C24H24N4O3/c1-31-24(30)18-12-9-17(10-13-18)11-14-22(29)25-20-7-5-6-19(16-20)23-27-26-21-8-3-2-4-15-28(21)23/h5-7,9-14,16H,2-4,8,15H2,1H3,(H,25,29)/b14-11+. The van der Waals surface area contributed by atoms with E-state index in [1.807, 2.05) is 24.3 Å². The van der Waals surface area contributed by atoms with Gasteiger partial charge in [-0.1, -0.05) is 30.7 Å². The SMILES string of the molecule is COC(=O)c1ccc(/C=C/C(=O)Nc2cccc(-c3nnc4n3CCCCC4)c2)cc1. The number of methoxy groups -OCH3 is 1. The van der Waals surface area contributed by atoms with Crippen molar-refractivity contribution in [2.45, 2.75) is 32.2 Å². The molecule has 0 saturated carbocycles. The van der Waals surface area contributed by atoms with Crippen molar-refractivity contribution < 1.29 is 14.3 Å². The number of ether oxygens (including phenoxy) is 1. The van der Waals surface area contributed by atoms with Crippen LogP contribution in [0.15, 0.2) is 54.6 Å². The minimum absolute atomic E-state index is 0.241. The van der Waals surface area contributed by atoms with Gasteiger partial charge in [0.2, 0.25) is 5.91 Å². The van der Waals surface area contributed by atoms with Gasteiger partial charge in [-0.3, -0.25) is 4.79 Å². The molecule has 2 aromatic carbocycles. The van der Waals surface area contributed by atoms with Crippen molar-refractivity contribution in [1.29, 1.82) is 0 Å². The first-order valence-corrected chi connectivity index (χ1v) is 10.3. The molecule has 3 aromatic rings. The van der Waals surface area contributed by atoms with E-state index < -0.39 is 5.97 Å². The van der Waals surface area contributed by atoms with Crippen molar-refractivity contribution >= 4 is 23.6 Å². The summed E-state index contributed by atoms with van der Waals surface area (Å²) in [6, 6.07) is 14.5. The van der Waals surface area contributed by atoms with Gasteiger partial charge in [0.1, 0.15) is 5.82 Å². The molecule has 1 aliphatic rings. The van der Waals surface area contributed by atoms with Gasteiger partial charge in [-0.15, -0.1) is 10.2 Å². The number of rotatable bonds is 5. The number of nitrogens with one attached hydrogen (secondary N) is 1. The van der Waals surface area contributed by atoms with Gasteiger partial charge in [0, 0.05) is 30.3 Å². The predicted molar refractivity (Wildman–Crippen MR) is 118 cm³/mol. The first kappa shape index (κ1) is 20.5. The molecule has 4 rings (SSSR count). The second-order valence-corrected chi connectivity index (χ2v) is 7.42. The van der Waals surface area contributed by atoms with Crippen molar-refractivity contribution in [2.75, 3.05) is 12.4 Å². The van der Waals surface area contributed by atoms with Crippen molar-refractivity contribution in [2.24, 2.45) is 0 Å². The minimum atomic E-state index is -0.391. The summed E-state index contributed by atoms with van der Waals surface area (Å²) in [7, 11) is 1.34. The molecule has 2 heterocycles. The Morgan fingerprint density at radius 1 is 1.06 bits per heavy atom. The topological polar surface area (TPSA) is 86.1 Å². The minimum Gasteiger partial charge on any atom is -0.465 e. The molecule has 0 saturated heterocycles. The zero-order valence-electron chi connectivity index (χ0n) is 17.4. The molecule has 0 bridgehead atoms. The first-order chi connectivity index (χ1) is 15.1. The molecule has 1 amide bonds. The fourth-order valence-corrected chi connectivity index (χ4v) is 3.64. The molecule has 1 N–H and O–H groups in total. The van der Waals surface area contributed by atoms with E-state index in [9.17, 15) is 9.59 Å². The summed E-state index contributed by atoms with van der Waals surface area (Å²) in [4.78, 5) is 23.9. The molecule has 0 radical (unpaired) electrons. The number of fused-ring (bicyclic) bond motifs is 1. The molecular formula is C24H24N4O3. The molecule has 1 aromatic heterocycles. The Balaban J connectivity index is 1.44. The van der Waals surface area contributed by atoms with E-state index in [4.69, 9.17) is 0 Å². The lowest BCUT2D eigenvalue weighted by atomic mass is 10.1. The first-order valence-electron chi connectivity index (χ1n) is 10.3. The fraction of sp³-hybridized carbons (Fsp3) is 0.250. The van der Waals surface area contributed by atoms with Crippen LogP contribution in [0.4, 0.5) is 5.69 Å². The summed E-state index contributed by atoms with van der Waals surface area (Å²) in [5, 5.41) is 11.6. The van der Waals surface area contributed by atoms with Crippen molar-refractivity contribution in [3.05, 3.63) is 71.6 Å².